The lowest BCUT2D eigenvalue weighted by atomic mass is 10.0. The van der Waals surface area contributed by atoms with Gasteiger partial charge in [-0.1, -0.05) is 19.6 Å². The molecule has 32 heavy (non-hydrogen) atoms. The maximum atomic E-state index is 14.1. The van der Waals surface area contributed by atoms with Crippen molar-refractivity contribution in [1.82, 2.24) is 4.57 Å². The molecule has 0 aliphatic carbocycles. The van der Waals surface area contributed by atoms with Crippen LogP contribution in [-0.2, 0) is 11.2 Å². The van der Waals surface area contributed by atoms with E-state index in [0.29, 0.717) is 18.2 Å². The number of ketones is 1. The molecule has 0 fully saturated rings. The SMILES string of the molecule is C.CC=O.Nc1cc(C(=O)c2ccc(=O)n(-c3ccc(CCO)cc3)c2N)c(F)cc1F. The fourth-order valence-electron chi connectivity index (χ4n) is 2.84. The smallest absolute Gasteiger partial charge is 0.256 e. The Kier molecular flexibility index (Phi) is 9.42. The van der Waals surface area contributed by atoms with Gasteiger partial charge in [-0.05, 0) is 43.2 Å². The Morgan fingerprint density at radius 2 is 1.62 bits per heavy atom. The first kappa shape index (κ1) is 26.2. The van der Waals surface area contributed by atoms with E-state index in [1.54, 1.807) is 24.3 Å². The van der Waals surface area contributed by atoms with Crippen molar-refractivity contribution in [3.05, 3.63) is 87.2 Å². The van der Waals surface area contributed by atoms with Gasteiger partial charge in [0.15, 0.2) is 5.78 Å². The van der Waals surface area contributed by atoms with Crippen LogP contribution in [0, 0.1) is 11.6 Å². The van der Waals surface area contributed by atoms with Gasteiger partial charge in [-0.2, -0.15) is 0 Å². The van der Waals surface area contributed by atoms with E-state index in [4.69, 9.17) is 21.4 Å². The van der Waals surface area contributed by atoms with Crippen LogP contribution in [0.5, 0.6) is 0 Å². The number of benzene rings is 2. The van der Waals surface area contributed by atoms with Gasteiger partial charge in [0.1, 0.15) is 23.7 Å². The molecule has 5 N–H and O–H groups in total. The van der Waals surface area contributed by atoms with Crippen molar-refractivity contribution in [2.75, 3.05) is 18.1 Å². The van der Waals surface area contributed by atoms with Crippen LogP contribution >= 0.6 is 0 Å². The van der Waals surface area contributed by atoms with E-state index in [0.717, 1.165) is 28.5 Å². The highest BCUT2D eigenvalue weighted by molar-refractivity contribution is 6.12. The Morgan fingerprint density at radius 1 is 1.03 bits per heavy atom. The second-order valence-electron chi connectivity index (χ2n) is 6.36. The van der Waals surface area contributed by atoms with Crippen LogP contribution in [0.1, 0.15) is 35.8 Å². The number of nitrogen functional groups attached to an aromatic ring is 2. The van der Waals surface area contributed by atoms with Crippen LogP contribution in [0.4, 0.5) is 20.3 Å². The second kappa shape index (κ2) is 11.5. The van der Waals surface area contributed by atoms with Crippen molar-refractivity contribution < 1.29 is 23.5 Å². The van der Waals surface area contributed by atoms with Crippen molar-refractivity contribution >= 4 is 23.6 Å². The number of aliphatic hydroxyl groups excluding tert-OH is 1. The fourth-order valence-corrected chi connectivity index (χ4v) is 2.84. The molecule has 0 aliphatic rings. The summed E-state index contributed by atoms with van der Waals surface area (Å²) in [6.07, 6.45) is 1.20. The van der Waals surface area contributed by atoms with Gasteiger partial charge >= 0.3 is 0 Å². The Balaban J connectivity index is 0.00000121. The molecule has 0 spiro atoms. The Morgan fingerprint density at radius 3 is 2.19 bits per heavy atom. The molecule has 0 bridgehead atoms. The number of carbonyl (C=O) groups is 2. The van der Waals surface area contributed by atoms with Crippen LogP contribution in [0.2, 0.25) is 0 Å². The number of carbonyl (C=O) groups excluding carboxylic acids is 2. The molecule has 0 saturated carbocycles. The first-order chi connectivity index (χ1) is 14.7. The number of aldehydes is 1. The maximum absolute atomic E-state index is 14.1. The van der Waals surface area contributed by atoms with Crippen molar-refractivity contribution in [2.24, 2.45) is 0 Å². The predicted octanol–water partition coefficient (Wildman–Crippen LogP) is 2.89. The second-order valence-corrected chi connectivity index (χ2v) is 6.36. The van der Waals surface area contributed by atoms with E-state index in [1.807, 2.05) is 0 Å². The minimum absolute atomic E-state index is 0. The summed E-state index contributed by atoms with van der Waals surface area (Å²) in [6.45, 7) is 1.43. The van der Waals surface area contributed by atoms with Crippen LogP contribution in [0.3, 0.4) is 0 Å². The number of aliphatic hydroxyl groups is 1. The lowest BCUT2D eigenvalue weighted by Crippen LogP contribution is -2.23. The average Bonchev–Trinajstić information content (AvgIpc) is 2.72. The molecule has 1 aromatic heterocycles. The molecule has 0 unspecified atom stereocenters. The molecular weight excluding hydrogens is 420 g/mol. The summed E-state index contributed by atoms with van der Waals surface area (Å²) in [5.74, 6) is -3.07. The molecule has 0 saturated heterocycles. The normalized spacial score (nSPS) is 9.88. The summed E-state index contributed by atoms with van der Waals surface area (Å²) in [6, 6.07) is 10.4. The molecule has 7 nitrogen and oxygen atoms in total. The molecule has 3 rings (SSSR count). The van der Waals surface area contributed by atoms with E-state index in [9.17, 15) is 18.4 Å². The Hall–Kier alpha value is -3.85. The molecule has 2 aromatic carbocycles. The molecule has 0 aliphatic heterocycles. The number of anilines is 2. The summed E-state index contributed by atoms with van der Waals surface area (Å²) in [5.41, 5.74) is 11.3. The number of halogens is 2. The molecule has 0 atom stereocenters. The number of nitrogens with two attached hydrogens (primary N) is 2. The predicted molar refractivity (Wildman–Crippen MR) is 120 cm³/mol. The summed E-state index contributed by atoms with van der Waals surface area (Å²) in [4.78, 5) is 33.9. The summed E-state index contributed by atoms with van der Waals surface area (Å²) in [5, 5.41) is 8.98. The van der Waals surface area contributed by atoms with E-state index < -0.39 is 28.5 Å². The van der Waals surface area contributed by atoms with Gasteiger partial charge in [0, 0.05) is 18.7 Å². The van der Waals surface area contributed by atoms with Gasteiger partial charge in [-0.15, -0.1) is 0 Å². The molecule has 9 heteroatoms. The Labute approximate surface area is 183 Å². The minimum Gasteiger partial charge on any atom is -0.396 e. The number of rotatable bonds is 5. The highest BCUT2D eigenvalue weighted by Gasteiger charge is 2.21. The zero-order valence-electron chi connectivity index (χ0n) is 16.6. The largest absolute Gasteiger partial charge is 0.396 e. The van der Waals surface area contributed by atoms with Gasteiger partial charge in [0.25, 0.3) is 5.56 Å². The fraction of sp³-hybridized carbons (Fsp3) is 0.174. The average molecular weight is 445 g/mol. The minimum atomic E-state index is -1.08. The van der Waals surface area contributed by atoms with Gasteiger partial charge < -0.3 is 21.4 Å². The molecular formula is C23H25F2N3O4. The van der Waals surface area contributed by atoms with Gasteiger partial charge in [-0.3, -0.25) is 14.2 Å². The molecule has 1 heterocycles. The van der Waals surface area contributed by atoms with Crippen molar-refractivity contribution in [3.63, 3.8) is 0 Å². The molecule has 0 radical (unpaired) electrons. The third kappa shape index (κ3) is 5.64. The topological polar surface area (TPSA) is 128 Å². The Bertz CT molecular complexity index is 1160. The third-order valence-electron chi connectivity index (χ3n) is 4.30. The first-order valence-electron chi connectivity index (χ1n) is 9.15. The highest BCUT2D eigenvalue weighted by Crippen LogP contribution is 2.23. The van der Waals surface area contributed by atoms with Crippen LogP contribution < -0.4 is 17.0 Å². The van der Waals surface area contributed by atoms with Crippen LogP contribution in [0.15, 0.2) is 53.3 Å². The van der Waals surface area contributed by atoms with Crippen LogP contribution in [0.25, 0.3) is 5.69 Å². The summed E-state index contributed by atoms with van der Waals surface area (Å²) < 4.78 is 28.6. The first-order valence-corrected chi connectivity index (χ1v) is 9.15. The molecule has 0 amide bonds. The summed E-state index contributed by atoms with van der Waals surface area (Å²) in [7, 11) is 0. The van der Waals surface area contributed by atoms with E-state index in [-0.39, 0.29) is 31.1 Å². The van der Waals surface area contributed by atoms with Gasteiger partial charge in [0.2, 0.25) is 0 Å². The molecule has 170 valence electrons. The highest BCUT2D eigenvalue weighted by atomic mass is 19.1. The van der Waals surface area contributed by atoms with Crippen molar-refractivity contribution in [2.45, 2.75) is 20.8 Å². The van der Waals surface area contributed by atoms with Gasteiger partial charge in [-0.25, -0.2) is 8.78 Å². The van der Waals surface area contributed by atoms with Crippen molar-refractivity contribution in [1.29, 1.82) is 0 Å². The zero-order valence-corrected chi connectivity index (χ0v) is 16.6. The maximum Gasteiger partial charge on any atom is 0.256 e. The quantitative estimate of drug-likeness (QED) is 0.315. The van der Waals surface area contributed by atoms with Crippen molar-refractivity contribution in [3.8, 4) is 5.69 Å². The van der Waals surface area contributed by atoms with Crippen LogP contribution in [-0.4, -0.2) is 28.3 Å². The number of pyridine rings is 1. The van der Waals surface area contributed by atoms with E-state index >= 15 is 0 Å². The van der Waals surface area contributed by atoms with E-state index in [1.165, 1.54) is 13.0 Å². The third-order valence-corrected chi connectivity index (χ3v) is 4.30. The number of hydrogen-bond acceptors (Lipinski definition) is 6. The van der Waals surface area contributed by atoms with Gasteiger partial charge in [0.05, 0.1) is 22.5 Å². The number of nitrogens with zero attached hydrogens (tertiary/aromatic N) is 1. The standard InChI is InChI=1S/C20H17F2N3O3.C2H4O.CH4/c21-15-10-16(22)17(23)9-14(15)19(28)13-5-6-18(27)25(20(13)24)12-3-1-11(2-4-12)7-8-26;1-2-3;/h1-6,9-10,26H,7-8,23-24H2;2H,1H3;1H4. The monoisotopic (exact) mass is 445 g/mol. The zero-order chi connectivity index (χ0) is 23.1. The lowest BCUT2D eigenvalue weighted by Gasteiger charge is -2.14. The van der Waals surface area contributed by atoms with E-state index in [2.05, 4.69) is 0 Å². The lowest BCUT2D eigenvalue weighted by molar-refractivity contribution is -0.106. The molecule has 3 aromatic rings. The number of aromatic nitrogens is 1. The number of hydrogen-bond donors (Lipinski definition) is 3. The summed E-state index contributed by atoms with van der Waals surface area (Å²) >= 11 is 0.